The number of hydrogen-bond donors (Lipinski definition) is 1. The molecule has 0 unspecified atom stereocenters. The lowest BCUT2D eigenvalue weighted by molar-refractivity contribution is -0.121. The molecule has 0 saturated carbocycles. The minimum atomic E-state index is -0.109. The summed E-state index contributed by atoms with van der Waals surface area (Å²) in [5.74, 6) is -0.0376. The molecule has 0 aliphatic rings. The Hall–Kier alpha value is -1.10. The summed E-state index contributed by atoms with van der Waals surface area (Å²) >= 11 is 3.15. The number of nitrogens with zero attached hydrogens (tertiary/aromatic N) is 1. The average Bonchev–Trinajstić information content (AvgIpc) is 2.21. The predicted molar refractivity (Wildman–Crippen MR) is 61.7 cm³/mol. The van der Waals surface area contributed by atoms with Crippen LogP contribution in [0.4, 0.5) is 0 Å². The lowest BCUT2D eigenvalue weighted by Gasteiger charge is -2.05. The standard InChI is InChI=1S/C10H13BrN2O2/c1-2-12-9(14)5-7-13-6-3-4-8(11)10(13)15/h3-4,6H,2,5,7H2,1H3,(H,12,14). The van der Waals surface area contributed by atoms with E-state index >= 15 is 0 Å². The fourth-order valence-corrected chi connectivity index (χ4v) is 1.57. The molecule has 0 atom stereocenters. The Labute approximate surface area is 96.4 Å². The van der Waals surface area contributed by atoms with E-state index < -0.39 is 0 Å². The number of nitrogens with one attached hydrogen (secondary N) is 1. The van der Waals surface area contributed by atoms with Gasteiger partial charge in [-0.25, -0.2) is 0 Å². The van der Waals surface area contributed by atoms with Gasteiger partial charge in [0.05, 0.1) is 4.47 Å². The number of aromatic nitrogens is 1. The predicted octanol–water partition coefficient (Wildman–Crippen LogP) is 1.14. The van der Waals surface area contributed by atoms with Gasteiger partial charge in [0.1, 0.15) is 0 Å². The zero-order valence-corrected chi connectivity index (χ0v) is 10.1. The van der Waals surface area contributed by atoms with E-state index in [0.29, 0.717) is 24.0 Å². The largest absolute Gasteiger partial charge is 0.356 e. The van der Waals surface area contributed by atoms with Crippen molar-refractivity contribution in [2.24, 2.45) is 0 Å². The summed E-state index contributed by atoms with van der Waals surface area (Å²) in [5.41, 5.74) is -0.109. The Balaban J connectivity index is 2.62. The Bertz CT molecular complexity index is 401. The Kier molecular flexibility index (Phi) is 4.55. The summed E-state index contributed by atoms with van der Waals surface area (Å²) in [6, 6.07) is 3.45. The van der Waals surface area contributed by atoms with E-state index in [0.717, 1.165) is 0 Å². The molecule has 1 N–H and O–H groups in total. The summed E-state index contributed by atoms with van der Waals surface area (Å²) in [5, 5.41) is 2.68. The van der Waals surface area contributed by atoms with Gasteiger partial charge in [-0.2, -0.15) is 0 Å². The van der Waals surface area contributed by atoms with Crippen molar-refractivity contribution in [2.75, 3.05) is 6.54 Å². The summed E-state index contributed by atoms with van der Waals surface area (Å²) in [6.07, 6.45) is 2.00. The highest BCUT2D eigenvalue weighted by Crippen LogP contribution is 2.00. The fourth-order valence-electron chi connectivity index (χ4n) is 1.19. The zero-order chi connectivity index (χ0) is 11.3. The third-order valence-corrected chi connectivity index (χ3v) is 2.53. The van der Waals surface area contributed by atoms with Crippen molar-refractivity contribution in [3.05, 3.63) is 33.2 Å². The summed E-state index contributed by atoms with van der Waals surface area (Å²) < 4.78 is 2.03. The molecule has 4 nitrogen and oxygen atoms in total. The van der Waals surface area contributed by atoms with Gasteiger partial charge < -0.3 is 9.88 Å². The molecule has 0 aliphatic carbocycles. The van der Waals surface area contributed by atoms with Gasteiger partial charge in [-0.3, -0.25) is 9.59 Å². The SMILES string of the molecule is CCNC(=O)CCn1cccc(Br)c1=O. The average molecular weight is 273 g/mol. The molecule has 0 bridgehead atoms. The summed E-state index contributed by atoms with van der Waals surface area (Å²) in [6.45, 7) is 2.89. The number of amides is 1. The minimum Gasteiger partial charge on any atom is -0.356 e. The molecule has 15 heavy (non-hydrogen) atoms. The van der Waals surface area contributed by atoms with Gasteiger partial charge >= 0.3 is 0 Å². The first kappa shape index (κ1) is 12.0. The number of pyridine rings is 1. The van der Waals surface area contributed by atoms with Crippen LogP contribution < -0.4 is 10.9 Å². The zero-order valence-electron chi connectivity index (χ0n) is 8.50. The first-order valence-corrected chi connectivity index (χ1v) is 5.56. The molecule has 82 valence electrons. The van der Waals surface area contributed by atoms with E-state index in [1.807, 2.05) is 6.92 Å². The van der Waals surface area contributed by atoms with Crippen molar-refractivity contribution >= 4 is 21.8 Å². The third-order valence-electron chi connectivity index (χ3n) is 1.93. The monoisotopic (exact) mass is 272 g/mol. The molecule has 0 saturated heterocycles. The number of halogens is 1. The quantitative estimate of drug-likeness (QED) is 0.894. The minimum absolute atomic E-state index is 0.0376. The van der Waals surface area contributed by atoms with Crippen molar-refractivity contribution < 1.29 is 4.79 Å². The van der Waals surface area contributed by atoms with Crippen LogP contribution in [0.15, 0.2) is 27.6 Å². The van der Waals surface area contributed by atoms with Crippen LogP contribution in [0.3, 0.4) is 0 Å². The molecule has 5 heteroatoms. The van der Waals surface area contributed by atoms with Crippen LogP contribution in [0, 0.1) is 0 Å². The van der Waals surface area contributed by atoms with Crippen molar-refractivity contribution in [3.63, 3.8) is 0 Å². The van der Waals surface area contributed by atoms with E-state index in [4.69, 9.17) is 0 Å². The highest BCUT2D eigenvalue weighted by Gasteiger charge is 2.03. The Morgan fingerprint density at radius 2 is 2.33 bits per heavy atom. The summed E-state index contributed by atoms with van der Waals surface area (Å²) in [7, 11) is 0. The van der Waals surface area contributed by atoms with E-state index in [1.54, 1.807) is 18.3 Å². The summed E-state index contributed by atoms with van der Waals surface area (Å²) in [4.78, 5) is 22.7. The molecule has 0 aromatic carbocycles. The van der Waals surface area contributed by atoms with Gasteiger partial charge in [-0.05, 0) is 35.0 Å². The van der Waals surface area contributed by atoms with Crippen LogP contribution >= 0.6 is 15.9 Å². The maximum Gasteiger partial charge on any atom is 0.264 e. The van der Waals surface area contributed by atoms with Gasteiger partial charge in [0.15, 0.2) is 0 Å². The lowest BCUT2D eigenvalue weighted by Crippen LogP contribution is -2.27. The maximum atomic E-state index is 11.5. The van der Waals surface area contributed by atoms with E-state index in [9.17, 15) is 9.59 Å². The van der Waals surface area contributed by atoms with Crippen LogP contribution in [0.2, 0.25) is 0 Å². The molecular weight excluding hydrogens is 260 g/mol. The molecular formula is C10H13BrN2O2. The number of aryl methyl sites for hydroxylation is 1. The van der Waals surface area contributed by atoms with Crippen molar-refractivity contribution in [1.82, 2.24) is 9.88 Å². The van der Waals surface area contributed by atoms with Gasteiger partial charge in [0.2, 0.25) is 5.91 Å². The molecule has 1 aromatic rings. The number of carbonyl (C=O) groups is 1. The molecule has 1 heterocycles. The topological polar surface area (TPSA) is 51.1 Å². The molecule has 1 aromatic heterocycles. The maximum absolute atomic E-state index is 11.5. The van der Waals surface area contributed by atoms with Crippen LogP contribution in [0.5, 0.6) is 0 Å². The van der Waals surface area contributed by atoms with Crippen LogP contribution in [-0.4, -0.2) is 17.0 Å². The third kappa shape index (κ3) is 3.51. The Morgan fingerprint density at radius 1 is 1.60 bits per heavy atom. The van der Waals surface area contributed by atoms with Crippen LogP contribution in [0.1, 0.15) is 13.3 Å². The lowest BCUT2D eigenvalue weighted by atomic mass is 10.3. The van der Waals surface area contributed by atoms with Crippen LogP contribution in [0.25, 0.3) is 0 Å². The highest BCUT2D eigenvalue weighted by atomic mass is 79.9. The van der Waals surface area contributed by atoms with Crippen LogP contribution in [-0.2, 0) is 11.3 Å². The van der Waals surface area contributed by atoms with Gasteiger partial charge in [-0.15, -0.1) is 0 Å². The molecule has 0 aliphatic heterocycles. The molecule has 0 radical (unpaired) electrons. The second kappa shape index (κ2) is 5.70. The molecule has 0 spiro atoms. The molecule has 0 fully saturated rings. The number of carbonyl (C=O) groups excluding carboxylic acids is 1. The van der Waals surface area contributed by atoms with Gasteiger partial charge in [0, 0.05) is 25.7 Å². The smallest absolute Gasteiger partial charge is 0.264 e. The molecule has 1 rings (SSSR count). The van der Waals surface area contributed by atoms with Gasteiger partial charge in [-0.1, -0.05) is 0 Å². The first-order valence-electron chi connectivity index (χ1n) is 4.76. The highest BCUT2D eigenvalue weighted by molar-refractivity contribution is 9.10. The van der Waals surface area contributed by atoms with Crippen molar-refractivity contribution in [3.8, 4) is 0 Å². The van der Waals surface area contributed by atoms with Gasteiger partial charge in [0.25, 0.3) is 5.56 Å². The number of hydrogen-bond acceptors (Lipinski definition) is 2. The second-order valence-corrected chi connectivity index (χ2v) is 3.91. The van der Waals surface area contributed by atoms with Crippen molar-refractivity contribution in [2.45, 2.75) is 19.9 Å². The van der Waals surface area contributed by atoms with Crippen molar-refractivity contribution in [1.29, 1.82) is 0 Å². The second-order valence-electron chi connectivity index (χ2n) is 3.06. The molecule has 1 amide bonds. The Morgan fingerprint density at radius 3 is 3.00 bits per heavy atom. The fraction of sp³-hybridized carbons (Fsp3) is 0.400. The van der Waals surface area contributed by atoms with E-state index in [1.165, 1.54) is 4.57 Å². The van der Waals surface area contributed by atoms with E-state index in [2.05, 4.69) is 21.2 Å². The first-order chi connectivity index (χ1) is 7.15. The number of rotatable bonds is 4. The van der Waals surface area contributed by atoms with E-state index in [-0.39, 0.29) is 11.5 Å². The normalized spacial score (nSPS) is 10.0.